The second kappa shape index (κ2) is 15.9. The molecule has 0 fully saturated rings. The second-order valence-electron chi connectivity index (χ2n) is 18.9. The molecule has 5 aromatic carbocycles. The van der Waals surface area contributed by atoms with Crippen LogP contribution in [0.1, 0.15) is 140 Å². The largest absolute Gasteiger partial charge is 0.455 e. The van der Waals surface area contributed by atoms with Crippen molar-refractivity contribution in [3.05, 3.63) is 162 Å². The predicted molar refractivity (Wildman–Crippen MR) is 256 cm³/mol. The van der Waals surface area contributed by atoms with E-state index in [0.29, 0.717) is 11.8 Å². The quantitative estimate of drug-likeness (QED) is 0.0841. The van der Waals surface area contributed by atoms with Crippen LogP contribution in [0.3, 0.4) is 0 Å². The molecule has 2 aliphatic rings. The smallest absolute Gasteiger partial charge is 0.294 e. The van der Waals surface area contributed by atoms with Crippen LogP contribution in [0.25, 0.3) is 61.4 Å². The summed E-state index contributed by atoms with van der Waals surface area (Å²) >= 11 is 0. The molecule has 0 bridgehead atoms. The van der Waals surface area contributed by atoms with E-state index in [1.165, 1.54) is 98.2 Å². The molecule has 0 saturated heterocycles. The zero-order chi connectivity index (χ0) is 42.8. The van der Waals surface area contributed by atoms with Crippen LogP contribution < -0.4 is 9.13 Å². The minimum atomic E-state index is -0.175. The number of aromatic nitrogens is 3. The Bertz CT molecular complexity index is 2930. The third-order valence-electron chi connectivity index (χ3n) is 15.6. The Labute approximate surface area is 368 Å². The summed E-state index contributed by atoms with van der Waals surface area (Å²) in [4.78, 5) is 0. The van der Waals surface area contributed by atoms with Gasteiger partial charge in [0, 0.05) is 51.4 Å². The number of unbranched alkanes of at least 4 members (excludes halogenated alkanes) is 2. The predicted octanol–water partition coefficient (Wildman–Crippen LogP) is 14.9. The molecule has 4 unspecified atom stereocenters. The Hall–Kier alpha value is -5.74. The number of para-hydroxylation sites is 2. The van der Waals surface area contributed by atoms with Crippen molar-refractivity contribution in [3.8, 4) is 39.5 Å². The maximum absolute atomic E-state index is 6.81. The van der Waals surface area contributed by atoms with E-state index in [2.05, 4.69) is 202 Å². The summed E-state index contributed by atoms with van der Waals surface area (Å²) in [6.45, 7) is 16.9. The molecule has 10 rings (SSSR count). The van der Waals surface area contributed by atoms with Gasteiger partial charge >= 0.3 is 0 Å². The van der Waals surface area contributed by atoms with E-state index in [-0.39, 0.29) is 17.0 Å². The Morgan fingerprint density at radius 3 is 2.29 bits per heavy atom. The molecular formula is C58H63N3O+2. The van der Waals surface area contributed by atoms with Crippen LogP contribution in [0.4, 0.5) is 0 Å². The summed E-state index contributed by atoms with van der Waals surface area (Å²) in [6.07, 6.45) is 16.3. The number of rotatable bonds is 13. The number of fused-ring (bicyclic) bond motifs is 10. The summed E-state index contributed by atoms with van der Waals surface area (Å²) in [5, 5.41) is 2.36. The normalized spacial score (nSPS) is 19.5. The first-order chi connectivity index (χ1) is 30.2. The highest BCUT2D eigenvalue weighted by Gasteiger charge is 2.58. The van der Waals surface area contributed by atoms with Gasteiger partial charge in [-0.3, -0.25) is 0 Å². The molecule has 0 amide bonds. The number of nitrogens with zero attached hydrogens (tertiary/aromatic N) is 3. The van der Waals surface area contributed by atoms with Gasteiger partial charge in [0.2, 0.25) is 5.69 Å². The van der Waals surface area contributed by atoms with E-state index in [4.69, 9.17) is 4.42 Å². The lowest BCUT2D eigenvalue weighted by atomic mass is 9.57. The Kier molecular flexibility index (Phi) is 10.3. The average Bonchev–Trinajstić information content (AvgIpc) is 4.01. The third-order valence-corrected chi connectivity index (χ3v) is 15.6. The molecule has 5 heterocycles. The zero-order valence-corrected chi connectivity index (χ0v) is 37.9. The van der Waals surface area contributed by atoms with Crippen LogP contribution in [-0.4, -0.2) is 4.57 Å². The fourth-order valence-corrected chi connectivity index (χ4v) is 12.1. The van der Waals surface area contributed by atoms with Crippen LogP contribution in [-0.2, 0) is 11.0 Å². The SMILES string of the molecule is CCCCCC(C)c1cccc(C(C)C)c1-n1cc[n+]2c1-c1ccccc1C(CC)(CCC1c3ccc4c(oc5ccccc54)c3-c3cc(-c4ccccc4)cc[n+]31)C2(C)CC. The van der Waals surface area contributed by atoms with Crippen molar-refractivity contribution in [3.63, 3.8) is 0 Å². The minimum Gasteiger partial charge on any atom is -0.455 e. The van der Waals surface area contributed by atoms with E-state index in [9.17, 15) is 0 Å². The summed E-state index contributed by atoms with van der Waals surface area (Å²) in [7, 11) is 0. The third kappa shape index (κ3) is 6.07. The van der Waals surface area contributed by atoms with Crippen molar-refractivity contribution in [2.45, 2.75) is 129 Å². The van der Waals surface area contributed by atoms with Crippen molar-refractivity contribution in [1.29, 1.82) is 0 Å². The molecule has 0 aliphatic carbocycles. The maximum Gasteiger partial charge on any atom is 0.294 e. The minimum absolute atomic E-state index is 0.118. The van der Waals surface area contributed by atoms with Crippen LogP contribution in [0, 0.1) is 0 Å². The highest BCUT2D eigenvalue weighted by molar-refractivity contribution is 6.10. The van der Waals surface area contributed by atoms with Gasteiger partial charge in [-0.1, -0.05) is 152 Å². The lowest BCUT2D eigenvalue weighted by Gasteiger charge is -2.50. The fraction of sp³-hybridized carbons (Fsp3) is 0.345. The van der Waals surface area contributed by atoms with Gasteiger partial charge in [-0.05, 0) is 79.3 Å². The molecule has 0 radical (unpaired) electrons. The van der Waals surface area contributed by atoms with Gasteiger partial charge in [-0.15, -0.1) is 0 Å². The van der Waals surface area contributed by atoms with Gasteiger partial charge in [0.25, 0.3) is 5.82 Å². The Morgan fingerprint density at radius 1 is 0.726 bits per heavy atom. The van der Waals surface area contributed by atoms with Crippen molar-refractivity contribution < 1.29 is 13.6 Å². The number of hydrogen-bond donors (Lipinski definition) is 0. The van der Waals surface area contributed by atoms with Crippen molar-refractivity contribution in [2.24, 2.45) is 0 Å². The van der Waals surface area contributed by atoms with Crippen LogP contribution >= 0.6 is 0 Å². The summed E-state index contributed by atoms with van der Waals surface area (Å²) in [5.41, 5.74) is 15.1. The summed E-state index contributed by atoms with van der Waals surface area (Å²) in [5.74, 6) is 2.20. The molecule has 8 aromatic rings. The molecule has 0 saturated carbocycles. The van der Waals surface area contributed by atoms with Crippen molar-refractivity contribution >= 4 is 21.9 Å². The van der Waals surface area contributed by atoms with E-state index in [0.717, 1.165) is 36.8 Å². The highest BCUT2D eigenvalue weighted by Crippen LogP contribution is 2.55. The zero-order valence-electron chi connectivity index (χ0n) is 37.9. The molecule has 3 aromatic heterocycles. The monoisotopic (exact) mass is 817 g/mol. The Morgan fingerprint density at radius 2 is 1.50 bits per heavy atom. The molecule has 4 heteroatoms. The van der Waals surface area contributed by atoms with Gasteiger partial charge in [0.15, 0.2) is 12.2 Å². The second-order valence-corrected chi connectivity index (χ2v) is 18.9. The van der Waals surface area contributed by atoms with E-state index in [1.54, 1.807) is 0 Å². The molecular weight excluding hydrogens is 755 g/mol. The van der Waals surface area contributed by atoms with Crippen molar-refractivity contribution in [2.75, 3.05) is 0 Å². The van der Waals surface area contributed by atoms with Gasteiger partial charge < -0.3 is 4.42 Å². The molecule has 4 atom stereocenters. The number of pyridine rings is 1. The van der Waals surface area contributed by atoms with E-state index < -0.39 is 0 Å². The van der Waals surface area contributed by atoms with E-state index in [1.807, 2.05) is 0 Å². The van der Waals surface area contributed by atoms with Crippen LogP contribution in [0.2, 0.25) is 0 Å². The molecule has 0 spiro atoms. The number of furan rings is 1. The average molecular weight is 818 g/mol. The summed E-state index contributed by atoms with van der Waals surface area (Å²) in [6, 6.07) is 45.5. The van der Waals surface area contributed by atoms with Crippen molar-refractivity contribution in [1.82, 2.24) is 4.57 Å². The highest BCUT2D eigenvalue weighted by atomic mass is 16.3. The lowest BCUT2D eigenvalue weighted by Crippen LogP contribution is -2.68. The topological polar surface area (TPSA) is 25.8 Å². The number of benzene rings is 5. The lowest BCUT2D eigenvalue weighted by molar-refractivity contribution is -0.765. The fourth-order valence-electron chi connectivity index (χ4n) is 12.1. The van der Waals surface area contributed by atoms with Gasteiger partial charge in [-0.25, -0.2) is 4.57 Å². The number of imidazole rings is 1. The molecule has 62 heavy (non-hydrogen) atoms. The van der Waals surface area contributed by atoms with Gasteiger partial charge in [-0.2, -0.15) is 9.13 Å². The Balaban J connectivity index is 1.11. The van der Waals surface area contributed by atoms with E-state index >= 15 is 0 Å². The first-order valence-corrected chi connectivity index (χ1v) is 23.7. The van der Waals surface area contributed by atoms with Gasteiger partial charge in [0.1, 0.15) is 34.8 Å². The van der Waals surface area contributed by atoms with Gasteiger partial charge in [0.05, 0.1) is 11.1 Å². The molecule has 314 valence electrons. The maximum atomic E-state index is 6.81. The molecule has 2 aliphatic heterocycles. The first kappa shape index (κ1) is 40.3. The van der Waals surface area contributed by atoms with Crippen LogP contribution in [0.5, 0.6) is 0 Å². The summed E-state index contributed by atoms with van der Waals surface area (Å²) < 4.78 is 14.7. The molecule has 4 nitrogen and oxygen atoms in total. The van der Waals surface area contributed by atoms with Crippen LogP contribution in [0.15, 0.2) is 144 Å². The standard InChI is InChI=1S/C58H63N3O/c1-8-11-13-21-40(6)44-27-20-26-43(39(4)5)54(44)60-36-37-61-56(60)47-25-16-18-28-49(47)58(10-3,57(61,7)9-2)34-32-50-48-31-30-46-45-24-17-19-29-52(45)62-55(46)53(48)51-38-42(33-35-59(50)51)41-22-14-12-15-23-41/h12,14-20,22-31,33,35-40,50H,8-11,13,21,32,34H2,1-7H3/q+2. The molecule has 0 N–H and O–H groups in total. The number of hydrogen-bond acceptors (Lipinski definition) is 1. The first-order valence-electron chi connectivity index (χ1n) is 23.7.